The fourth-order valence-electron chi connectivity index (χ4n) is 3.18. The molecule has 0 unspecified atom stereocenters. The molecule has 0 atom stereocenters. The lowest BCUT2D eigenvalue weighted by atomic mass is 9.83. The van der Waals surface area contributed by atoms with Gasteiger partial charge in [0.15, 0.2) is 0 Å². The average Bonchev–Trinajstić information content (AvgIpc) is 2.49. The maximum atomic E-state index is 11.3. The summed E-state index contributed by atoms with van der Waals surface area (Å²) >= 11 is 0. The Morgan fingerprint density at radius 2 is 1.11 bits per heavy atom. The molecule has 0 aromatic rings. The second kappa shape index (κ2) is 12.5. The summed E-state index contributed by atoms with van der Waals surface area (Å²) in [5, 5.41) is 5.04. The molecule has 0 bridgehead atoms. The number of hydrogen-bond donors (Lipinski definition) is 1. The van der Waals surface area contributed by atoms with Crippen molar-refractivity contribution in [1.29, 1.82) is 0 Å². The number of rotatable bonds is 17. The van der Waals surface area contributed by atoms with E-state index in [4.69, 9.17) is 9.88 Å². The molecule has 0 saturated carbocycles. The van der Waals surface area contributed by atoms with Crippen LogP contribution in [0.3, 0.4) is 0 Å². The molecule has 0 saturated heterocycles. The fraction of sp³-hybridized carbons (Fsp3) is 1.00. The molecule has 0 aliphatic rings. The lowest BCUT2D eigenvalue weighted by Gasteiger charge is -2.24. The molecule has 8 heteroatoms. The van der Waals surface area contributed by atoms with Gasteiger partial charge in [0.25, 0.3) is 0 Å². The molecular weight excluding hydrogens is 398 g/mol. The minimum Gasteiger partial charge on any atom is -0.381 e. The first-order valence-electron chi connectivity index (χ1n) is 10.4. The van der Waals surface area contributed by atoms with E-state index in [0.717, 1.165) is 58.2 Å². The quantitative estimate of drug-likeness (QED) is 0.345. The SMILES string of the molecule is CC(C)(CCCCOCCCCC(C)(C)CCS(C)(=O)=O)CCCS(N)(=O)=O. The summed E-state index contributed by atoms with van der Waals surface area (Å²) in [6.07, 6.45) is 9.67. The molecule has 170 valence electrons. The van der Waals surface area contributed by atoms with Crippen molar-refractivity contribution in [3.63, 3.8) is 0 Å². The van der Waals surface area contributed by atoms with Gasteiger partial charge in [-0.1, -0.05) is 40.5 Å². The van der Waals surface area contributed by atoms with E-state index in [1.807, 2.05) is 0 Å². The van der Waals surface area contributed by atoms with Crippen LogP contribution in [-0.4, -0.2) is 47.8 Å². The molecule has 0 aliphatic carbocycles. The number of ether oxygens (including phenoxy) is 1. The van der Waals surface area contributed by atoms with Gasteiger partial charge in [0.05, 0.1) is 11.5 Å². The summed E-state index contributed by atoms with van der Waals surface area (Å²) in [7, 11) is -6.24. The van der Waals surface area contributed by atoms with Crippen molar-refractivity contribution in [3.8, 4) is 0 Å². The third-order valence-corrected chi connectivity index (χ3v) is 7.02. The predicted molar refractivity (Wildman–Crippen MR) is 118 cm³/mol. The van der Waals surface area contributed by atoms with Crippen molar-refractivity contribution < 1.29 is 21.6 Å². The monoisotopic (exact) mass is 441 g/mol. The number of unbranched alkanes of at least 4 members (excludes halogenated alkanes) is 2. The summed E-state index contributed by atoms with van der Waals surface area (Å²) < 4.78 is 50.3. The van der Waals surface area contributed by atoms with E-state index < -0.39 is 19.9 Å². The first kappa shape index (κ1) is 27.8. The average molecular weight is 442 g/mol. The lowest BCUT2D eigenvalue weighted by molar-refractivity contribution is 0.120. The smallest absolute Gasteiger partial charge is 0.209 e. The molecule has 0 rings (SSSR count). The number of sulfonamides is 1. The van der Waals surface area contributed by atoms with E-state index in [0.29, 0.717) is 12.8 Å². The van der Waals surface area contributed by atoms with Crippen LogP contribution >= 0.6 is 0 Å². The first-order chi connectivity index (χ1) is 12.6. The molecule has 0 heterocycles. The highest BCUT2D eigenvalue weighted by atomic mass is 32.2. The Balaban J connectivity index is 3.68. The van der Waals surface area contributed by atoms with Gasteiger partial charge in [-0.2, -0.15) is 0 Å². The van der Waals surface area contributed by atoms with Gasteiger partial charge in [0, 0.05) is 19.5 Å². The van der Waals surface area contributed by atoms with Gasteiger partial charge in [-0.05, 0) is 55.8 Å². The second-order valence-electron chi connectivity index (χ2n) is 9.71. The molecule has 0 amide bonds. The molecular formula is C20H43NO5S2. The van der Waals surface area contributed by atoms with Crippen molar-refractivity contribution in [1.82, 2.24) is 0 Å². The van der Waals surface area contributed by atoms with E-state index in [-0.39, 0.29) is 22.3 Å². The zero-order valence-electron chi connectivity index (χ0n) is 18.6. The van der Waals surface area contributed by atoms with Gasteiger partial charge in [-0.25, -0.2) is 22.0 Å². The van der Waals surface area contributed by atoms with Crippen LogP contribution in [0.5, 0.6) is 0 Å². The summed E-state index contributed by atoms with van der Waals surface area (Å²) in [4.78, 5) is 0. The number of primary sulfonamides is 1. The van der Waals surface area contributed by atoms with E-state index in [2.05, 4.69) is 27.7 Å². The van der Waals surface area contributed by atoms with Crippen LogP contribution in [0.4, 0.5) is 0 Å². The molecule has 28 heavy (non-hydrogen) atoms. The van der Waals surface area contributed by atoms with Crippen molar-refractivity contribution in [3.05, 3.63) is 0 Å². The Labute approximate surface area is 174 Å². The molecule has 0 aromatic carbocycles. The number of hydrogen-bond acceptors (Lipinski definition) is 5. The molecule has 6 nitrogen and oxygen atoms in total. The van der Waals surface area contributed by atoms with Gasteiger partial charge in [0.1, 0.15) is 9.84 Å². The van der Waals surface area contributed by atoms with Gasteiger partial charge < -0.3 is 4.74 Å². The van der Waals surface area contributed by atoms with E-state index >= 15 is 0 Å². The van der Waals surface area contributed by atoms with Crippen LogP contribution in [0.15, 0.2) is 0 Å². The van der Waals surface area contributed by atoms with Gasteiger partial charge >= 0.3 is 0 Å². The molecule has 0 aromatic heterocycles. The molecule has 0 radical (unpaired) electrons. The van der Waals surface area contributed by atoms with E-state index in [1.54, 1.807) is 0 Å². The Morgan fingerprint density at radius 3 is 1.54 bits per heavy atom. The molecule has 0 aliphatic heterocycles. The highest BCUT2D eigenvalue weighted by Gasteiger charge is 2.20. The minimum absolute atomic E-state index is 0.0535. The predicted octanol–water partition coefficient (Wildman–Crippen LogP) is 3.90. The zero-order valence-corrected chi connectivity index (χ0v) is 20.3. The number of sulfone groups is 1. The number of nitrogens with two attached hydrogens (primary N) is 1. The molecule has 0 fully saturated rings. The van der Waals surface area contributed by atoms with Crippen LogP contribution < -0.4 is 5.14 Å². The Bertz CT molecular complexity index is 625. The summed E-state index contributed by atoms with van der Waals surface area (Å²) in [5.74, 6) is 0.319. The highest BCUT2D eigenvalue weighted by Crippen LogP contribution is 2.29. The van der Waals surface area contributed by atoms with Crippen molar-refractivity contribution in [2.24, 2.45) is 16.0 Å². The van der Waals surface area contributed by atoms with Crippen molar-refractivity contribution in [2.75, 3.05) is 31.0 Å². The van der Waals surface area contributed by atoms with Crippen LogP contribution in [0.2, 0.25) is 0 Å². The van der Waals surface area contributed by atoms with Gasteiger partial charge in [-0.15, -0.1) is 0 Å². The molecule has 0 spiro atoms. The normalized spacial score (nSPS) is 13.8. The first-order valence-corrected chi connectivity index (χ1v) is 14.2. The fourth-order valence-corrected chi connectivity index (χ4v) is 4.65. The van der Waals surface area contributed by atoms with Gasteiger partial charge in [0.2, 0.25) is 10.0 Å². The van der Waals surface area contributed by atoms with Crippen LogP contribution in [-0.2, 0) is 24.6 Å². The standard InChI is InChI=1S/C20H43NO5S2/c1-19(2,13-10-17-28(21,24)25)11-6-8-15-26-16-9-7-12-20(3,4)14-18-27(5,22)23/h6-18H2,1-5H3,(H2,21,24,25). The summed E-state index contributed by atoms with van der Waals surface area (Å²) in [6.45, 7) is 10.1. The van der Waals surface area contributed by atoms with Crippen LogP contribution in [0.1, 0.15) is 85.5 Å². The maximum absolute atomic E-state index is 11.3. The van der Waals surface area contributed by atoms with Crippen molar-refractivity contribution in [2.45, 2.75) is 85.5 Å². The zero-order chi connectivity index (χ0) is 21.9. The van der Waals surface area contributed by atoms with Crippen molar-refractivity contribution >= 4 is 19.9 Å². The highest BCUT2D eigenvalue weighted by molar-refractivity contribution is 7.90. The van der Waals surface area contributed by atoms with E-state index in [9.17, 15) is 16.8 Å². The maximum Gasteiger partial charge on any atom is 0.209 e. The Morgan fingerprint density at radius 1 is 0.679 bits per heavy atom. The second-order valence-corrected chi connectivity index (χ2v) is 13.7. The molecule has 2 N–H and O–H groups in total. The van der Waals surface area contributed by atoms with Crippen LogP contribution in [0, 0.1) is 10.8 Å². The Hall–Kier alpha value is -0.180. The Kier molecular flexibility index (Phi) is 12.4. The third-order valence-electron chi connectivity index (χ3n) is 5.22. The van der Waals surface area contributed by atoms with E-state index in [1.165, 1.54) is 6.26 Å². The lowest BCUT2D eigenvalue weighted by Crippen LogP contribution is -2.19. The third kappa shape index (κ3) is 19.2. The summed E-state index contributed by atoms with van der Waals surface area (Å²) in [6, 6.07) is 0. The topological polar surface area (TPSA) is 104 Å². The minimum atomic E-state index is -3.35. The summed E-state index contributed by atoms with van der Waals surface area (Å²) in [5.41, 5.74) is 0.181. The largest absolute Gasteiger partial charge is 0.381 e. The van der Waals surface area contributed by atoms with Crippen LogP contribution in [0.25, 0.3) is 0 Å². The van der Waals surface area contributed by atoms with Gasteiger partial charge in [-0.3, -0.25) is 0 Å².